The normalized spacial score (nSPS) is 26.0. The summed E-state index contributed by atoms with van der Waals surface area (Å²) in [4.78, 5) is 25.7. The predicted octanol–water partition coefficient (Wildman–Crippen LogP) is 2.44. The Balaban J connectivity index is 1.48. The Hall–Kier alpha value is -4.46. The van der Waals surface area contributed by atoms with Gasteiger partial charge in [0.25, 0.3) is 11.8 Å². The van der Waals surface area contributed by atoms with Crippen molar-refractivity contribution in [1.82, 2.24) is 5.43 Å². The Bertz CT molecular complexity index is 1490. The van der Waals surface area contributed by atoms with E-state index in [1.165, 1.54) is 17.2 Å². The third kappa shape index (κ3) is 4.88. The number of rotatable bonds is 10. The maximum absolute atomic E-state index is 16.8. The third-order valence-corrected chi connectivity index (χ3v) is 8.47. The average Bonchev–Trinajstić information content (AvgIpc) is 3.72. The number of anilines is 1. The van der Waals surface area contributed by atoms with Crippen molar-refractivity contribution in [1.29, 1.82) is 5.26 Å². The number of primary amides is 2. The fraction of sp³-hybridized carbons (Fsp3) is 0.323. The van der Waals surface area contributed by atoms with E-state index in [9.17, 15) is 9.59 Å². The topological polar surface area (TPSA) is 177 Å². The van der Waals surface area contributed by atoms with Gasteiger partial charge in [-0.05, 0) is 84.6 Å². The second-order valence-corrected chi connectivity index (χ2v) is 11.0. The lowest BCUT2D eigenvalue weighted by molar-refractivity contribution is -0.124. The molecule has 1 fully saturated rings. The van der Waals surface area contributed by atoms with Crippen LogP contribution in [0.5, 0.6) is 0 Å². The molecule has 0 aromatic heterocycles. The quantitative estimate of drug-likeness (QED) is 0.299. The molecule has 1 saturated carbocycles. The molecule has 4 unspecified atom stereocenters. The van der Waals surface area contributed by atoms with Crippen LogP contribution in [0.25, 0.3) is 0 Å². The molecule has 2 aromatic carbocycles. The fourth-order valence-electron chi connectivity index (χ4n) is 6.08. The molecule has 2 aromatic rings. The van der Waals surface area contributed by atoms with Gasteiger partial charge in [-0.15, -0.1) is 0 Å². The Morgan fingerprint density at radius 3 is 2.51 bits per heavy atom. The predicted molar refractivity (Wildman–Crippen MR) is 154 cm³/mol. The summed E-state index contributed by atoms with van der Waals surface area (Å²) in [5.41, 5.74) is 26.3. The maximum atomic E-state index is 16.8. The number of nitrogens with one attached hydrogen (secondary N) is 1. The van der Waals surface area contributed by atoms with Crippen LogP contribution < -0.4 is 33.4 Å². The van der Waals surface area contributed by atoms with Crippen molar-refractivity contribution in [3.63, 3.8) is 0 Å². The molecule has 9 N–H and O–H groups in total. The molecule has 0 saturated heterocycles. The molecular formula is C31H34FN7O2. The number of benzene rings is 2. The maximum Gasteiger partial charge on any atom is 0.266 e. The van der Waals surface area contributed by atoms with Crippen molar-refractivity contribution in [2.45, 2.75) is 55.4 Å². The van der Waals surface area contributed by atoms with Gasteiger partial charge in [-0.25, -0.2) is 4.39 Å². The molecule has 10 heteroatoms. The lowest BCUT2D eigenvalue weighted by atomic mass is 9.68. The molecule has 0 spiro atoms. The highest BCUT2D eigenvalue weighted by molar-refractivity contribution is 6.01. The van der Waals surface area contributed by atoms with Gasteiger partial charge >= 0.3 is 0 Å². The number of nitrogens with two attached hydrogens (primary N) is 4. The average molecular weight is 556 g/mol. The number of carbonyl (C=O) groups excluding carboxylic acids is 2. The molecule has 0 radical (unpaired) electrons. The fourth-order valence-corrected chi connectivity index (χ4v) is 6.08. The molecule has 212 valence electrons. The molecular weight excluding hydrogens is 521 g/mol. The van der Waals surface area contributed by atoms with Crippen molar-refractivity contribution in [2.75, 3.05) is 5.01 Å². The highest BCUT2D eigenvalue weighted by Crippen LogP contribution is 2.48. The number of hydrogen-bond donors (Lipinski definition) is 5. The minimum Gasteiger partial charge on any atom is -0.367 e. The molecule has 5 rings (SSSR count). The van der Waals surface area contributed by atoms with Crippen LogP contribution in [0.1, 0.15) is 48.3 Å². The number of allylic oxidation sites excluding steroid dienone is 2. The number of nitriles is 1. The van der Waals surface area contributed by atoms with E-state index in [1.807, 2.05) is 12.1 Å². The Labute approximate surface area is 238 Å². The molecule has 41 heavy (non-hydrogen) atoms. The van der Waals surface area contributed by atoms with Gasteiger partial charge in [0.05, 0.1) is 17.3 Å². The first-order valence-corrected chi connectivity index (χ1v) is 13.6. The Kier molecular flexibility index (Phi) is 7.43. The van der Waals surface area contributed by atoms with E-state index in [1.54, 1.807) is 48.6 Å². The van der Waals surface area contributed by atoms with Crippen LogP contribution in [-0.4, -0.2) is 29.1 Å². The molecule has 1 heterocycles. The number of alkyl halides is 1. The van der Waals surface area contributed by atoms with E-state index in [0.717, 1.165) is 24.0 Å². The standard InChI is InChI=1S/C31H34FN7O2/c32-27-23(12-13-25(22-10-11-22)21-8-6-19(17-33)7-9-21)4-2-14-30(27,37)31(29(36)41)16-26(28(35)40)38-39(31)24-5-1-3-20(15-24)18-34/h1-9,14-16,22,25,27,38H,10-13,18,34,37H2,(H2,35,40)(H2,36,41). The second-order valence-electron chi connectivity index (χ2n) is 11.0. The van der Waals surface area contributed by atoms with Gasteiger partial charge < -0.3 is 22.9 Å². The summed E-state index contributed by atoms with van der Waals surface area (Å²) in [6.45, 7) is 0.217. The molecule has 1 aliphatic heterocycles. The number of nitrogens with zero attached hydrogens (tertiary/aromatic N) is 2. The van der Waals surface area contributed by atoms with E-state index < -0.39 is 29.1 Å². The summed E-state index contributed by atoms with van der Waals surface area (Å²) in [5, 5.41) is 10.5. The van der Waals surface area contributed by atoms with Crippen molar-refractivity contribution in [3.05, 3.63) is 101 Å². The summed E-state index contributed by atoms with van der Waals surface area (Å²) in [6, 6.07) is 16.6. The van der Waals surface area contributed by atoms with Gasteiger partial charge in [-0.2, -0.15) is 5.26 Å². The van der Waals surface area contributed by atoms with E-state index in [4.69, 9.17) is 28.2 Å². The summed E-state index contributed by atoms with van der Waals surface area (Å²) in [6.07, 6.45) is 7.41. The van der Waals surface area contributed by atoms with E-state index in [0.29, 0.717) is 35.6 Å². The van der Waals surface area contributed by atoms with Gasteiger partial charge in [-0.1, -0.05) is 42.5 Å². The SMILES string of the molecule is N#Cc1ccc(C(CCC2=CC=CC(N)(C3(C(N)=O)C=C(C(N)=O)NN3c3cccc(CN)c3)C2F)C2CC2)cc1. The summed E-state index contributed by atoms with van der Waals surface area (Å²) in [7, 11) is 0. The second kappa shape index (κ2) is 10.8. The first-order chi connectivity index (χ1) is 19.6. The molecule has 2 amide bonds. The molecule has 2 aliphatic carbocycles. The molecule has 4 atom stereocenters. The lowest BCUT2D eigenvalue weighted by Crippen LogP contribution is -2.76. The largest absolute Gasteiger partial charge is 0.367 e. The lowest BCUT2D eigenvalue weighted by Gasteiger charge is -2.49. The highest BCUT2D eigenvalue weighted by atomic mass is 19.1. The first-order valence-electron chi connectivity index (χ1n) is 13.6. The third-order valence-electron chi connectivity index (χ3n) is 8.47. The molecule has 3 aliphatic rings. The van der Waals surface area contributed by atoms with Crippen LogP contribution in [0.15, 0.2) is 84.1 Å². The number of hydrogen-bond acceptors (Lipinski definition) is 7. The van der Waals surface area contributed by atoms with E-state index in [2.05, 4.69) is 11.5 Å². The van der Waals surface area contributed by atoms with Gasteiger partial charge in [0, 0.05) is 6.54 Å². The zero-order valence-corrected chi connectivity index (χ0v) is 22.6. The van der Waals surface area contributed by atoms with Crippen LogP contribution in [0, 0.1) is 17.2 Å². The van der Waals surface area contributed by atoms with Gasteiger partial charge in [0.15, 0.2) is 5.54 Å². The van der Waals surface area contributed by atoms with Crippen LogP contribution in [0.2, 0.25) is 0 Å². The van der Waals surface area contributed by atoms with Crippen LogP contribution in [0.4, 0.5) is 10.1 Å². The van der Waals surface area contributed by atoms with Gasteiger partial charge in [0.1, 0.15) is 17.4 Å². The summed E-state index contributed by atoms with van der Waals surface area (Å²) in [5.74, 6) is -1.11. The van der Waals surface area contributed by atoms with Crippen LogP contribution in [0.3, 0.4) is 0 Å². The van der Waals surface area contributed by atoms with E-state index >= 15 is 4.39 Å². The van der Waals surface area contributed by atoms with Gasteiger partial charge in [-0.3, -0.25) is 20.0 Å². The number of halogens is 1. The zero-order valence-electron chi connectivity index (χ0n) is 22.6. The summed E-state index contributed by atoms with van der Waals surface area (Å²) >= 11 is 0. The van der Waals surface area contributed by atoms with Crippen molar-refractivity contribution in [3.8, 4) is 6.07 Å². The zero-order chi connectivity index (χ0) is 29.4. The van der Waals surface area contributed by atoms with Crippen LogP contribution in [-0.2, 0) is 16.1 Å². The van der Waals surface area contributed by atoms with Crippen molar-refractivity contribution >= 4 is 17.5 Å². The van der Waals surface area contributed by atoms with Crippen molar-refractivity contribution in [2.24, 2.45) is 28.9 Å². The number of amides is 2. The molecule has 0 bridgehead atoms. The minimum absolute atomic E-state index is 0.127. The van der Waals surface area contributed by atoms with E-state index in [-0.39, 0.29) is 18.2 Å². The molecule has 9 nitrogen and oxygen atoms in total. The Morgan fingerprint density at radius 1 is 1.17 bits per heavy atom. The minimum atomic E-state index is -2.02. The smallest absolute Gasteiger partial charge is 0.266 e. The Morgan fingerprint density at radius 2 is 1.90 bits per heavy atom. The monoisotopic (exact) mass is 555 g/mol. The summed E-state index contributed by atoms with van der Waals surface area (Å²) < 4.78 is 16.8. The number of hydrazine groups is 1. The van der Waals surface area contributed by atoms with Crippen LogP contribution >= 0.6 is 0 Å². The van der Waals surface area contributed by atoms with Gasteiger partial charge in [0.2, 0.25) is 0 Å². The number of carbonyl (C=O) groups is 2. The highest BCUT2D eigenvalue weighted by Gasteiger charge is 2.63. The first kappa shape index (κ1) is 28.1. The van der Waals surface area contributed by atoms with Crippen molar-refractivity contribution < 1.29 is 14.0 Å².